The van der Waals surface area contributed by atoms with E-state index in [1.54, 1.807) is 6.33 Å². The Bertz CT molecular complexity index is 376. The largest absolute Gasteiger partial charge is 0.370 e. The van der Waals surface area contributed by atoms with Crippen molar-refractivity contribution >= 4 is 11.6 Å². The molecule has 1 aliphatic rings. The van der Waals surface area contributed by atoms with Crippen molar-refractivity contribution in [1.82, 2.24) is 15.3 Å². The topological polar surface area (TPSA) is 53.1 Å². The van der Waals surface area contributed by atoms with E-state index in [9.17, 15) is 0 Å². The molecule has 0 saturated carbocycles. The molecule has 1 aliphatic heterocycles. The number of rotatable bonds is 7. The summed E-state index contributed by atoms with van der Waals surface area (Å²) < 4.78 is 0. The summed E-state index contributed by atoms with van der Waals surface area (Å²) in [6, 6.07) is 2.59. The van der Waals surface area contributed by atoms with Gasteiger partial charge in [-0.2, -0.15) is 0 Å². The molecule has 2 rings (SSSR count). The highest BCUT2D eigenvalue weighted by molar-refractivity contribution is 5.48. The lowest BCUT2D eigenvalue weighted by molar-refractivity contribution is 0.676. The summed E-state index contributed by atoms with van der Waals surface area (Å²) in [4.78, 5) is 10.9. The number of hydrogen-bond acceptors (Lipinski definition) is 5. The van der Waals surface area contributed by atoms with Crippen LogP contribution < -0.4 is 15.5 Å². The fourth-order valence-corrected chi connectivity index (χ4v) is 2.39. The van der Waals surface area contributed by atoms with Gasteiger partial charge in [0.1, 0.15) is 18.0 Å². The van der Waals surface area contributed by atoms with Crippen LogP contribution in [-0.2, 0) is 0 Å². The average molecular weight is 263 g/mol. The zero-order valence-electron chi connectivity index (χ0n) is 12.0. The monoisotopic (exact) mass is 263 g/mol. The van der Waals surface area contributed by atoms with Gasteiger partial charge in [-0.25, -0.2) is 9.97 Å². The van der Waals surface area contributed by atoms with Crippen LogP contribution in [0.25, 0.3) is 0 Å². The first kappa shape index (κ1) is 14.1. The number of unbranched alkanes of at least 4 members (excludes halogenated alkanes) is 2. The van der Waals surface area contributed by atoms with E-state index in [0.29, 0.717) is 6.04 Å². The van der Waals surface area contributed by atoms with E-state index in [1.807, 2.05) is 6.07 Å². The summed E-state index contributed by atoms with van der Waals surface area (Å²) in [6.07, 6.45) is 6.53. The highest BCUT2D eigenvalue weighted by atomic mass is 15.2. The average Bonchev–Trinajstić information content (AvgIpc) is 2.97. The Morgan fingerprint density at radius 3 is 3.05 bits per heavy atom. The highest BCUT2D eigenvalue weighted by Crippen LogP contribution is 2.17. The summed E-state index contributed by atoms with van der Waals surface area (Å²) in [6.45, 7) is 5.34. The first-order chi connectivity index (χ1) is 9.31. The Balaban J connectivity index is 1.90. The van der Waals surface area contributed by atoms with Gasteiger partial charge in [0.05, 0.1) is 0 Å². The first-order valence-electron chi connectivity index (χ1n) is 7.30. The van der Waals surface area contributed by atoms with Gasteiger partial charge in [-0.1, -0.05) is 19.8 Å². The Morgan fingerprint density at radius 2 is 2.32 bits per heavy atom. The molecular weight excluding hydrogens is 238 g/mol. The van der Waals surface area contributed by atoms with E-state index < -0.39 is 0 Å². The quantitative estimate of drug-likeness (QED) is 0.736. The molecule has 1 aromatic rings. The molecule has 1 saturated heterocycles. The van der Waals surface area contributed by atoms with E-state index in [2.05, 4.69) is 39.5 Å². The van der Waals surface area contributed by atoms with Crippen molar-refractivity contribution in [2.75, 3.05) is 36.9 Å². The molecule has 5 heteroatoms. The summed E-state index contributed by atoms with van der Waals surface area (Å²) in [5.74, 6) is 1.93. The molecule has 1 atom stereocenters. The van der Waals surface area contributed by atoms with Crippen molar-refractivity contribution in [3.8, 4) is 0 Å². The van der Waals surface area contributed by atoms with Gasteiger partial charge in [0.25, 0.3) is 0 Å². The van der Waals surface area contributed by atoms with Crippen molar-refractivity contribution in [3.63, 3.8) is 0 Å². The van der Waals surface area contributed by atoms with Gasteiger partial charge in [-0.05, 0) is 19.4 Å². The van der Waals surface area contributed by atoms with Gasteiger partial charge in [0.15, 0.2) is 0 Å². The molecule has 0 aliphatic carbocycles. The zero-order valence-corrected chi connectivity index (χ0v) is 12.0. The second-order valence-electron chi connectivity index (χ2n) is 5.15. The lowest BCUT2D eigenvalue weighted by Gasteiger charge is -2.24. The van der Waals surface area contributed by atoms with E-state index in [4.69, 9.17) is 0 Å². The molecule has 2 heterocycles. The minimum absolute atomic E-state index is 0.544. The third-order valence-corrected chi connectivity index (χ3v) is 3.68. The third-order valence-electron chi connectivity index (χ3n) is 3.68. The second kappa shape index (κ2) is 7.28. The number of nitrogens with zero attached hydrogens (tertiary/aromatic N) is 3. The highest BCUT2D eigenvalue weighted by Gasteiger charge is 2.20. The SMILES string of the molecule is CCCCCNc1cc(N(C)C2CCNC2)ncn1. The maximum Gasteiger partial charge on any atom is 0.134 e. The number of likely N-dealkylation sites (N-methyl/N-ethyl adjacent to an activating group) is 1. The molecule has 0 radical (unpaired) electrons. The molecular formula is C14H25N5. The fraction of sp³-hybridized carbons (Fsp3) is 0.714. The Labute approximate surface area is 115 Å². The van der Waals surface area contributed by atoms with E-state index in [0.717, 1.165) is 31.3 Å². The Hall–Kier alpha value is -1.36. The van der Waals surface area contributed by atoms with Crippen LogP contribution in [0.2, 0.25) is 0 Å². The van der Waals surface area contributed by atoms with Crippen LogP contribution in [0.3, 0.4) is 0 Å². The summed E-state index contributed by atoms with van der Waals surface area (Å²) in [7, 11) is 2.11. The predicted molar refractivity (Wildman–Crippen MR) is 79.7 cm³/mol. The maximum absolute atomic E-state index is 4.38. The lowest BCUT2D eigenvalue weighted by Crippen LogP contribution is -2.33. The molecule has 1 unspecified atom stereocenters. The molecule has 0 bridgehead atoms. The van der Waals surface area contributed by atoms with Crippen LogP contribution in [0.4, 0.5) is 11.6 Å². The molecule has 5 nitrogen and oxygen atoms in total. The minimum atomic E-state index is 0.544. The van der Waals surface area contributed by atoms with E-state index in [1.165, 1.54) is 25.7 Å². The second-order valence-corrected chi connectivity index (χ2v) is 5.15. The normalized spacial score (nSPS) is 18.5. The number of aromatic nitrogens is 2. The zero-order chi connectivity index (χ0) is 13.5. The van der Waals surface area contributed by atoms with Gasteiger partial charge < -0.3 is 15.5 Å². The van der Waals surface area contributed by atoms with E-state index >= 15 is 0 Å². The smallest absolute Gasteiger partial charge is 0.134 e. The van der Waals surface area contributed by atoms with Crippen molar-refractivity contribution < 1.29 is 0 Å². The van der Waals surface area contributed by atoms with Gasteiger partial charge in [-0.3, -0.25) is 0 Å². The van der Waals surface area contributed by atoms with Crippen LogP contribution >= 0.6 is 0 Å². The van der Waals surface area contributed by atoms with Gasteiger partial charge in [-0.15, -0.1) is 0 Å². The Morgan fingerprint density at radius 1 is 1.42 bits per heavy atom. The number of nitrogens with one attached hydrogen (secondary N) is 2. The summed E-state index contributed by atoms with van der Waals surface area (Å²) in [5, 5.41) is 6.76. The van der Waals surface area contributed by atoms with Crippen LogP contribution in [0, 0.1) is 0 Å². The molecule has 106 valence electrons. The molecule has 1 aromatic heterocycles. The molecule has 1 fully saturated rings. The van der Waals surface area contributed by atoms with Gasteiger partial charge in [0.2, 0.25) is 0 Å². The summed E-state index contributed by atoms with van der Waals surface area (Å²) in [5.41, 5.74) is 0. The van der Waals surface area contributed by atoms with Crippen molar-refractivity contribution in [1.29, 1.82) is 0 Å². The van der Waals surface area contributed by atoms with Crippen LogP contribution in [0.5, 0.6) is 0 Å². The predicted octanol–water partition coefficient (Wildman–Crippen LogP) is 1.88. The van der Waals surface area contributed by atoms with E-state index in [-0.39, 0.29) is 0 Å². The van der Waals surface area contributed by atoms with Crippen molar-refractivity contribution in [2.45, 2.75) is 38.6 Å². The lowest BCUT2D eigenvalue weighted by atomic mass is 10.2. The van der Waals surface area contributed by atoms with Crippen LogP contribution in [0.15, 0.2) is 12.4 Å². The van der Waals surface area contributed by atoms with Gasteiger partial charge in [0, 0.05) is 32.2 Å². The number of anilines is 2. The maximum atomic E-state index is 4.38. The van der Waals surface area contributed by atoms with Crippen molar-refractivity contribution in [2.24, 2.45) is 0 Å². The Kier molecular flexibility index (Phi) is 5.39. The standard InChI is InChI=1S/C14H25N5/c1-3-4-5-7-16-13-9-14(18-11-17-13)19(2)12-6-8-15-10-12/h9,11-12,15H,3-8,10H2,1-2H3,(H,16,17,18). The first-order valence-corrected chi connectivity index (χ1v) is 7.30. The van der Waals surface area contributed by atoms with Crippen molar-refractivity contribution in [3.05, 3.63) is 12.4 Å². The molecule has 2 N–H and O–H groups in total. The molecule has 0 amide bonds. The minimum Gasteiger partial charge on any atom is -0.370 e. The molecule has 0 aromatic carbocycles. The molecule has 19 heavy (non-hydrogen) atoms. The van der Waals surface area contributed by atoms with Gasteiger partial charge >= 0.3 is 0 Å². The fourth-order valence-electron chi connectivity index (χ4n) is 2.39. The number of hydrogen-bond donors (Lipinski definition) is 2. The molecule has 0 spiro atoms. The van der Waals surface area contributed by atoms with Crippen LogP contribution in [-0.4, -0.2) is 42.7 Å². The van der Waals surface area contributed by atoms with Crippen LogP contribution in [0.1, 0.15) is 32.6 Å². The third kappa shape index (κ3) is 4.06. The summed E-state index contributed by atoms with van der Waals surface area (Å²) >= 11 is 0.